The third-order valence-corrected chi connectivity index (χ3v) is 1.71. The second-order valence-corrected chi connectivity index (χ2v) is 2.74. The number of aromatic nitrogens is 2. The lowest BCUT2D eigenvalue weighted by Crippen LogP contribution is -1.91. The fourth-order valence-electron chi connectivity index (χ4n) is 1.02. The van der Waals surface area contributed by atoms with Crippen LogP contribution in [0.3, 0.4) is 0 Å². The minimum Gasteiger partial charge on any atom is -0.475 e. The van der Waals surface area contributed by atoms with Gasteiger partial charge in [0.05, 0.1) is 11.9 Å². The van der Waals surface area contributed by atoms with Gasteiger partial charge >= 0.3 is 5.97 Å². The second kappa shape index (κ2) is 3.49. The van der Waals surface area contributed by atoms with E-state index in [0.29, 0.717) is 5.69 Å². The van der Waals surface area contributed by atoms with Crippen LogP contribution < -0.4 is 0 Å². The highest BCUT2D eigenvalue weighted by Gasteiger charge is 2.12. The summed E-state index contributed by atoms with van der Waals surface area (Å²) in [5, 5.41) is 12.1. The molecule has 0 aliphatic carbocycles. The van der Waals surface area contributed by atoms with Crippen molar-refractivity contribution in [2.24, 2.45) is 0 Å². The SMILES string of the molecule is O=C(O)c1cc(-c2ccc(F)cn2)no1. The predicted octanol–water partition coefficient (Wildman–Crippen LogP) is 1.57. The monoisotopic (exact) mass is 208 g/mol. The van der Waals surface area contributed by atoms with E-state index in [4.69, 9.17) is 5.11 Å². The molecule has 2 heterocycles. The smallest absolute Gasteiger partial charge is 0.374 e. The first-order chi connectivity index (χ1) is 7.16. The van der Waals surface area contributed by atoms with E-state index in [0.717, 1.165) is 6.20 Å². The molecule has 2 aromatic heterocycles. The fourth-order valence-corrected chi connectivity index (χ4v) is 1.02. The van der Waals surface area contributed by atoms with Gasteiger partial charge in [0.25, 0.3) is 0 Å². The molecule has 0 radical (unpaired) electrons. The molecular formula is C9H5FN2O3. The number of carbonyl (C=O) groups is 1. The number of carboxylic acid groups (broad SMARTS) is 1. The van der Waals surface area contributed by atoms with Gasteiger partial charge in [-0.2, -0.15) is 0 Å². The van der Waals surface area contributed by atoms with Gasteiger partial charge in [0.2, 0.25) is 5.76 Å². The topological polar surface area (TPSA) is 76.2 Å². The summed E-state index contributed by atoms with van der Waals surface area (Å²) < 4.78 is 17.1. The van der Waals surface area contributed by atoms with Crippen LogP contribution in [0, 0.1) is 5.82 Å². The molecule has 0 amide bonds. The third kappa shape index (κ3) is 1.83. The largest absolute Gasteiger partial charge is 0.475 e. The van der Waals surface area contributed by atoms with E-state index in [2.05, 4.69) is 14.7 Å². The molecule has 0 fully saturated rings. The maximum absolute atomic E-state index is 12.5. The van der Waals surface area contributed by atoms with E-state index < -0.39 is 11.8 Å². The average molecular weight is 208 g/mol. The first-order valence-corrected chi connectivity index (χ1v) is 3.99. The van der Waals surface area contributed by atoms with E-state index >= 15 is 0 Å². The van der Waals surface area contributed by atoms with E-state index in [1.807, 2.05) is 0 Å². The zero-order valence-electron chi connectivity index (χ0n) is 7.35. The van der Waals surface area contributed by atoms with Crippen molar-refractivity contribution in [3.63, 3.8) is 0 Å². The summed E-state index contributed by atoms with van der Waals surface area (Å²) in [6.07, 6.45) is 1.02. The van der Waals surface area contributed by atoms with Crippen LogP contribution in [0.4, 0.5) is 4.39 Å². The highest BCUT2D eigenvalue weighted by Crippen LogP contribution is 2.16. The highest BCUT2D eigenvalue weighted by molar-refractivity contribution is 5.85. The van der Waals surface area contributed by atoms with Gasteiger partial charge in [-0.3, -0.25) is 4.98 Å². The molecule has 5 nitrogen and oxygen atoms in total. The Kier molecular flexibility index (Phi) is 2.17. The Labute approximate surface area is 83.2 Å². The molecule has 0 saturated heterocycles. The Bertz CT molecular complexity index is 492. The molecule has 0 saturated carbocycles. The molecule has 76 valence electrons. The van der Waals surface area contributed by atoms with Gasteiger partial charge in [-0.25, -0.2) is 9.18 Å². The molecule has 2 rings (SSSR count). The van der Waals surface area contributed by atoms with Gasteiger partial charge in [-0.15, -0.1) is 0 Å². The number of halogens is 1. The Balaban J connectivity index is 2.37. The van der Waals surface area contributed by atoms with E-state index in [-0.39, 0.29) is 11.5 Å². The predicted molar refractivity (Wildman–Crippen MR) is 46.7 cm³/mol. The Hall–Kier alpha value is -2.24. The number of nitrogens with zero attached hydrogens (tertiary/aromatic N) is 2. The van der Waals surface area contributed by atoms with Crippen molar-refractivity contribution in [3.05, 3.63) is 36.0 Å². The van der Waals surface area contributed by atoms with Crippen molar-refractivity contribution in [1.29, 1.82) is 0 Å². The van der Waals surface area contributed by atoms with Crippen molar-refractivity contribution >= 4 is 5.97 Å². The van der Waals surface area contributed by atoms with Crippen LogP contribution in [0.25, 0.3) is 11.4 Å². The standard InChI is InChI=1S/C9H5FN2O3/c10-5-1-2-6(11-4-5)7-3-8(9(13)14)15-12-7/h1-4H,(H,13,14). The molecule has 0 bridgehead atoms. The van der Waals surface area contributed by atoms with Crippen molar-refractivity contribution in [1.82, 2.24) is 10.1 Å². The minimum atomic E-state index is -1.21. The van der Waals surface area contributed by atoms with Gasteiger partial charge in [0.15, 0.2) is 0 Å². The Morgan fingerprint density at radius 2 is 2.20 bits per heavy atom. The number of hydrogen-bond acceptors (Lipinski definition) is 4. The third-order valence-electron chi connectivity index (χ3n) is 1.71. The van der Waals surface area contributed by atoms with Crippen LogP contribution in [0.1, 0.15) is 10.6 Å². The number of aromatic carboxylic acids is 1. The highest BCUT2D eigenvalue weighted by atomic mass is 19.1. The van der Waals surface area contributed by atoms with Crippen LogP contribution in [0.2, 0.25) is 0 Å². The zero-order chi connectivity index (χ0) is 10.8. The molecular weight excluding hydrogens is 203 g/mol. The molecule has 0 atom stereocenters. The summed E-state index contributed by atoms with van der Waals surface area (Å²) >= 11 is 0. The number of carboxylic acids is 1. The normalized spacial score (nSPS) is 10.2. The molecule has 1 N–H and O–H groups in total. The first kappa shape index (κ1) is 9.32. The lowest BCUT2D eigenvalue weighted by molar-refractivity contribution is 0.0652. The zero-order valence-corrected chi connectivity index (χ0v) is 7.35. The lowest BCUT2D eigenvalue weighted by atomic mass is 10.2. The molecule has 0 unspecified atom stereocenters. The van der Waals surface area contributed by atoms with Crippen LogP contribution in [0.5, 0.6) is 0 Å². The maximum Gasteiger partial charge on any atom is 0.374 e. The summed E-state index contributed by atoms with van der Waals surface area (Å²) in [4.78, 5) is 14.2. The summed E-state index contributed by atoms with van der Waals surface area (Å²) in [6.45, 7) is 0. The van der Waals surface area contributed by atoms with Crippen molar-refractivity contribution in [2.75, 3.05) is 0 Å². The van der Waals surface area contributed by atoms with E-state index in [1.165, 1.54) is 18.2 Å². The second-order valence-electron chi connectivity index (χ2n) is 2.74. The van der Waals surface area contributed by atoms with E-state index in [9.17, 15) is 9.18 Å². The molecule has 15 heavy (non-hydrogen) atoms. The molecule has 2 aromatic rings. The van der Waals surface area contributed by atoms with E-state index in [1.54, 1.807) is 0 Å². The lowest BCUT2D eigenvalue weighted by Gasteiger charge is -1.92. The minimum absolute atomic E-state index is 0.257. The number of hydrogen-bond donors (Lipinski definition) is 1. The summed E-state index contributed by atoms with van der Waals surface area (Å²) in [7, 11) is 0. The van der Waals surface area contributed by atoms with Gasteiger partial charge in [0, 0.05) is 6.07 Å². The first-order valence-electron chi connectivity index (χ1n) is 3.99. The molecule has 0 aliphatic rings. The fraction of sp³-hybridized carbons (Fsp3) is 0. The summed E-state index contributed by atoms with van der Waals surface area (Å²) in [5.41, 5.74) is 0.611. The van der Waals surface area contributed by atoms with Crippen LogP contribution >= 0.6 is 0 Å². The van der Waals surface area contributed by atoms with Gasteiger partial charge < -0.3 is 9.63 Å². The van der Waals surface area contributed by atoms with Gasteiger partial charge in [-0.1, -0.05) is 5.16 Å². The van der Waals surface area contributed by atoms with Crippen LogP contribution in [-0.4, -0.2) is 21.2 Å². The molecule has 0 aliphatic heterocycles. The van der Waals surface area contributed by atoms with Crippen molar-refractivity contribution in [3.8, 4) is 11.4 Å². The van der Waals surface area contributed by atoms with Crippen molar-refractivity contribution in [2.45, 2.75) is 0 Å². The van der Waals surface area contributed by atoms with Crippen molar-refractivity contribution < 1.29 is 18.8 Å². The van der Waals surface area contributed by atoms with Crippen LogP contribution in [-0.2, 0) is 0 Å². The Morgan fingerprint density at radius 1 is 1.40 bits per heavy atom. The Morgan fingerprint density at radius 3 is 2.73 bits per heavy atom. The quantitative estimate of drug-likeness (QED) is 0.810. The number of rotatable bonds is 2. The average Bonchev–Trinajstić information content (AvgIpc) is 2.68. The molecule has 0 aromatic carbocycles. The van der Waals surface area contributed by atoms with Gasteiger partial charge in [-0.05, 0) is 12.1 Å². The number of pyridine rings is 1. The summed E-state index contributed by atoms with van der Waals surface area (Å²) in [6, 6.07) is 3.82. The van der Waals surface area contributed by atoms with Crippen LogP contribution in [0.15, 0.2) is 28.9 Å². The molecule has 6 heteroatoms. The summed E-state index contributed by atoms with van der Waals surface area (Å²) in [5.74, 6) is -1.97. The van der Waals surface area contributed by atoms with Gasteiger partial charge in [0.1, 0.15) is 11.5 Å². The molecule has 0 spiro atoms. The maximum atomic E-state index is 12.5.